The highest BCUT2D eigenvalue weighted by atomic mass is 19.4. The van der Waals surface area contributed by atoms with E-state index in [2.05, 4.69) is 5.10 Å². The van der Waals surface area contributed by atoms with Gasteiger partial charge in [0.1, 0.15) is 5.82 Å². The van der Waals surface area contributed by atoms with Crippen LogP contribution in [0.5, 0.6) is 0 Å². The first-order valence-corrected chi connectivity index (χ1v) is 8.24. The monoisotopic (exact) mass is 358 g/mol. The number of hydrazone groups is 1. The molecule has 1 aliphatic heterocycles. The lowest BCUT2D eigenvalue weighted by molar-refractivity contribution is -0.140. The molecule has 0 bridgehead atoms. The maximum absolute atomic E-state index is 14.3. The topological polar surface area (TPSA) is 41.9 Å². The molecule has 1 fully saturated rings. The van der Waals surface area contributed by atoms with E-state index in [1.807, 2.05) is 0 Å². The van der Waals surface area contributed by atoms with E-state index < -0.39 is 23.1 Å². The van der Waals surface area contributed by atoms with Crippen molar-refractivity contribution in [1.82, 2.24) is 5.01 Å². The molecule has 0 saturated heterocycles. The third-order valence-corrected chi connectivity index (χ3v) is 4.52. The van der Waals surface area contributed by atoms with Crippen molar-refractivity contribution in [2.75, 3.05) is 13.2 Å². The molecule has 1 aliphatic carbocycles. The SMILES string of the molecule is O=C1COC(c2cccc(C(F)(F)F)c2F)=NN1CC1CCCCC1. The second kappa shape index (κ2) is 7.01. The van der Waals surface area contributed by atoms with Gasteiger partial charge < -0.3 is 4.74 Å². The first-order valence-electron chi connectivity index (χ1n) is 8.24. The largest absolute Gasteiger partial charge is 0.466 e. The van der Waals surface area contributed by atoms with Crippen LogP contribution < -0.4 is 0 Å². The fraction of sp³-hybridized carbons (Fsp3) is 0.529. The minimum Gasteiger partial charge on any atom is -0.466 e. The number of hydrogen-bond acceptors (Lipinski definition) is 3. The molecule has 3 rings (SSSR count). The number of nitrogens with zero attached hydrogens (tertiary/aromatic N) is 2. The van der Waals surface area contributed by atoms with Crippen LogP contribution in [0.4, 0.5) is 17.6 Å². The summed E-state index contributed by atoms with van der Waals surface area (Å²) in [6, 6.07) is 2.92. The molecule has 1 aromatic carbocycles. The predicted molar refractivity (Wildman–Crippen MR) is 82.2 cm³/mol. The summed E-state index contributed by atoms with van der Waals surface area (Å²) in [5, 5.41) is 5.18. The van der Waals surface area contributed by atoms with E-state index in [4.69, 9.17) is 4.74 Å². The van der Waals surface area contributed by atoms with E-state index in [0.29, 0.717) is 18.5 Å². The van der Waals surface area contributed by atoms with Gasteiger partial charge in [0, 0.05) is 6.54 Å². The highest BCUT2D eigenvalue weighted by molar-refractivity contribution is 5.98. The molecular weight excluding hydrogens is 340 g/mol. The van der Waals surface area contributed by atoms with Crippen LogP contribution in [-0.2, 0) is 15.7 Å². The van der Waals surface area contributed by atoms with E-state index in [1.165, 1.54) is 5.01 Å². The van der Waals surface area contributed by atoms with E-state index in [0.717, 1.165) is 44.2 Å². The summed E-state index contributed by atoms with van der Waals surface area (Å²) in [5.41, 5.74) is -1.78. The van der Waals surface area contributed by atoms with Gasteiger partial charge in [0.2, 0.25) is 5.90 Å². The van der Waals surface area contributed by atoms with E-state index in [1.54, 1.807) is 0 Å². The average Bonchev–Trinajstić information content (AvgIpc) is 2.57. The third kappa shape index (κ3) is 3.93. The summed E-state index contributed by atoms with van der Waals surface area (Å²) < 4.78 is 57.9. The van der Waals surface area contributed by atoms with Crippen LogP contribution in [0, 0.1) is 11.7 Å². The third-order valence-electron chi connectivity index (χ3n) is 4.52. The highest BCUT2D eigenvalue weighted by Crippen LogP contribution is 2.33. The van der Waals surface area contributed by atoms with Crippen LogP contribution in [0.15, 0.2) is 23.3 Å². The number of benzene rings is 1. The molecule has 1 aromatic rings. The summed E-state index contributed by atoms with van der Waals surface area (Å²) in [7, 11) is 0. The molecule has 1 saturated carbocycles. The molecule has 0 N–H and O–H groups in total. The van der Waals surface area contributed by atoms with Crippen molar-refractivity contribution in [1.29, 1.82) is 0 Å². The normalized spacial score (nSPS) is 19.6. The fourth-order valence-electron chi connectivity index (χ4n) is 3.20. The van der Waals surface area contributed by atoms with Gasteiger partial charge in [-0.2, -0.15) is 13.2 Å². The summed E-state index contributed by atoms with van der Waals surface area (Å²) in [4.78, 5) is 12.0. The molecule has 25 heavy (non-hydrogen) atoms. The van der Waals surface area contributed by atoms with Crippen molar-refractivity contribution < 1.29 is 27.1 Å². The van der Waals surface area contributed by atoms with Crippen molar-refractivity contribution in [3.05, 3.63) is 35.1 Å². The van der Waals surface area contributed by atoms with Gasteiger partial charge in [-0.1, -0.05) is 25.3 Å². The number of carbonyl (C=O) groups is 1. The Kier molecular flexibility index (Phi) is 4.96. The Hall–Kier alpha value is -2.12. The first-order chi connectivity index (χ1) is 11.9. The Morgan fingerprint density at radius 1 is 1.20 bits per heavy atom. The highest BCUT2D eigenvalue weighted by Gasteiger charge is 2.36. The Balaban J connectivity index is 1.86. The zero-order chi connectivity index (χ0) is 18.0. The number of ether oxygens (including phenoxy) is 1. The maximum Gasteiger partial charge on any atom is 0.419 e. The van der Waals surface area contributed by atoms with Gasteiger partial charge in [0.05, 0.1) is 11.1 Å². The van der Waals surface area contributed by atoms with Crippen molar-refractivity contribution in [2.24, 2.45) is 11.0 Å². The van der Waals surface area contributed by atoms with Gasteiger partial charge in [0.15, 0.2) is 6.61 Å². The summed E-state index contributed by atoms with van der Waals surface area (Å²) in [5.74, 6) is -1.81. The zero-order valence-corrected chi connectivity index (χ0v) is 13.5. The maximum atomic E-state index is 14.3. The number of halogens is 4. The molecule has 1 heterocycles. The summed E-state index contributed by atoms with van der Waals surface area (Å²) in [6.07, 6.45) is 0.481. The molecule has 0 spiro atoms. The van der Waals surface area contributed by atoms with Crippen molar-refractivity contribution in [3.63, 3.8) is 0 Å². The standard InChI is InChI=1S/C17H18F4N2O2/c18-15-12(7-4-8-13(15)17(19,20)21)16-22-23(14(24)10-25-16)9-11-5-2-1-3-6-11/h4,7-8,11H,1-3,5-6,9-10H2. The second-order valence-electron chi connectivity index (χ2n) is 6.34. The van der Waals surface area contributed by atoms with E-state index in [9.17, 15) is 22.4 Å². The molecule has 0 aromatic heterocycles. The van der Waals surface area contributed by atoms with Crippen LogP contribution >= 0.6 is 0 Å². The van der Waals surface area contributed by atoms with E-state index in [-0.39, 0.29) is 18.4 Å². The summed E-state index contributed by atoms with van der Waals surface area (Å²) >= 11 is 0. The number of alkyl halides is 3. The minimum absolute atomic E-state index is 0.293. The Morgan fingerprint density at radius 2 is 1.92 bits per heavy atom. The molecule has 136 valence electrons. The average molecular weight is 358 g/mol. The molecule has 0 atom stereocenters. The van der Waals surface area contributed by atoms with Crippen LogP contribution in [0.1, 0.15) is 43.2 Å². The van der Waals surface area contributed by atoms with Crippen molar-refractivity contribution in [2.45, 2.75) is 38.3 Å². The second-order valence-corrected chi connectivity index (χ2v) is 6.34. The lowest BCUT2D eigenvalue weighted by Crippen LogP contribution is -2.40. The quantitative estimate of drug-likeness (QED) is 0.768. The van der Waals surface area contributed by atoms with Crippen LogP contribution in [-0.4, -0.2) is 30.0 Å². The van der Waals surface area contributed by atoms with Gasteiger partial charge in [-0.05, 0) is 30.9 Å². The van der Waals surface area contributed by atoms with E-state index >= 15 is 0 Å². The fourth-order valence-corrected chi connectivity index (χ4v) is 3.20. The van der Waals surface area contributed by atoms with Crippen LogP contribution in [0.2, 0.25) is 0 Å². The first kappa shape index (κ1) is 17.7. The summed E-state index contributed by atoms with van der Waals surface area (Å²) in [6.45, 7) is 0.0213. The van der Waals surface area contributed by atoms with Crippen molar-refractivity contribution in [3.8, 4) is 0 Å². The van der Waals surface area contributed by atoms with Crippen molar-refractivity contribution >= 4 is 11.8 Å². The van der Waals surface area contributed by atoms with Gasteiger partial charge in [-0.3, -0.25) is 4.79 Å². The Labute approximate surface area is 142 Å². The Morgan fingerprint density at radius 3 is 2.60 bits per heavy atom. The molecular formula is C17H18F4N2O2. The zero-order valence-electron chi connectivity index (χ0n) is 13.5. The predicted octanol–water partition coefficient (Wildman–Crippen LogP) is 3.95. The lowest BCUT2D eigenvalue weighted by atomic mass is 9.89. The Bertz CT molecular complexity index is 682. The van der Waals surface area contributed by atoms with Crippen LogP contribution in [0.3, 0.4) is 0 Å². The molecule has 8 heteroatoms. The number of rotatable bonds is 3. The molecule has 1 amide bonds. The number of amides is 1. The number of carbonyl (C=O) groups excluding carboxylic acids is 1. The molecule has 4 nitrogen and oxygen atoms in total. The number of hydrogen-bond donors (Lipinski definition) is 0. The lowest BCUT2D eigenvalue weighted by Gasteiger charge is -2.29. The van der Waals surface area contributed by atoms with Crippen LogP contribution in [0.25, 0.3) is 0 Å². The van der Waals surface area contributed by atoms with Gasteiger partial charge >= 0.3 is 6.18 Å². The van der Waals surface area contributed by atoms with Gasteiger partial charge in [-0.15, -0.1) is 5.10 Å². The molecule has 0 radical (unpaired) electrons. The molecule has 2 aliphatic rings. The van der Waals surface area contributed by atoms with Gasteiger partial charge in [-0.25, -0.2) is 9.40 Å². The van der Waals surface area contributed by atoms with Gasteiger partial charge in [0.25, 0.3) is 5.91 Å². The minimum atomic E-state index is -4.81. The molecule has 0 unspecified atom stereocenters. The smallest absolute Gasteiger partial charge is 0.419 e.